The first-order chi connectivity index (χ1) is 20.4. The van der Waals surface area contributed by atoms with Crippen LogP contribution in [0.2, 0.25) is 0 Å². The molecule has 2 aliphatic carbocycles. The van der Waals surface area contributed by atoms with Crippen LogP contribution in [0.4, 0.5) is 0 Å². The van der Waals surface area contributed by atoms with E-state index in [0.29, 0.717) is 34.7 Å². The molecule has 1 spiro atoms. The number of carbonyl (C=O) groups excluding carboxylic acids is 1. The smallest absolute Gasteiger partial charge is 0.345 e. The van der Waals surface area contributed by atoms with Crippen LogP contribution >= 0.6 is 0 Å². The second-order valence-corrected chi connectivity index (χ2v) is 13.6. The first-order valence-electron chi connectivity index (χ1n) is 16.1. The molecule has 2 saturated carbocycles. The van der Waals surface area contributed by atoms with Crippen LogP contribution in [-0.4, -0.2) is 59.5 Å². The first kappa shape index (κ1) is 28.2. The predicted molar refractivity (Wildman–Crippen MR) is 158 cm³/mol. The van der Waals surface area contributed by atoms with Crippen molar-refractivity contribution in [3.05, 3.63) is 70.6 Å². The Morgan fingerprint density at radius 1 is 1.14 bits per heavy atom. The molecule has 6 aliphatic rings. The summed E-state index contributed by atoms with van der Waals surface area (Å²) < 4.78 is 17.8. The Kier molecular flexibility index (Phi) is 7.27. The van der Waals surface area contributed by atoms with Gasteiger partial charge in [-0.05, 0) is 73.3 Å². The number of aliphatic hydroxyl groups excluding tert-OH is 2. The van der Waals surface area contributed by atoms with E-state index in [1.54, 1.807) is 0 Å². The van der Waals surface area contributed by atoms with E-state index in [4.69, 9.17) is 14.2 Å². The van der Waals surface area contributed by atoms with Crippen molar-refractivity contribution >= 4 is 5.97 Å². The van der Waals surface area contributed by atoms with Crippen molar-refractivity contribution in [1.82, 2.24) is 4.90 Å². The Hall–Kier alpha value is -2.61. The van der Waals surface area contributed by atoms with Gasteiger partial charge in [0.1, 0.15) is 11.3 Å². The van der Waals surface area contributed by atoms with Crippen molar-refractivity contribution in [2.24, 2.45) is 29.1 Å². The summed E-state index contributed by atoms with van der Waals surface area (Å²) in [6, 6.07) is 11.5. The standard InChI is InChI=1S/C35H45NO6/c1-4-26(38)30-23-18-35(14-8-9-15-35)29(21-11-6-5-7-12-21)22(23)17-25-28-20(2)31(41-27(28)13-10-16-36(25)30)33-32(40-3)24(19-37)34(39)42-33/h5-7,11-13,20,22-23,25-26,28-30,37-38H,4,8-10,14-19H2,1-3H3/b33-31+/t20-,22-,23-,25-,26-,28+,29+,30-/m0/s1. The van der Waals surface area contributed by atoms with Crippen molar-refractivity contribution in [2.45, 2.75) is 89.3 Å². The fourth-order valence-electron chi connectivity index (χ4n) is 10.2. The molecule has 0 aromatic heterocycles. The van der Waals surface area contributed by atoms with Crippen molar-refractivity contribution in [3.8, 4) is 0 Å². The number of rotatable bonds is 5. The van der Waals surface area contributed by atoms with Gasteiger partial charge in [0.05, 0.1) is 19.8 Å². The molecule has 7 heteroatoms. The molecule has 0 radical (unpaired) electrons. The average molecular weight is 576 g/mol. The number of aliphatic hydroxyl groups is 2. The molecule has 4 heterocycles. The van der Waals surface area contributed by atoms with Crippen molar-refractivity contribution in [1.29, 1.82) is 0 Å². The molecule has 7 nitrogen and oxygen atoms in total. The topological polar surface area (TPSA) is 88.5 Å². The third kappa shape index (κ3) is 4.14. The number of fused-ring (bicyclic) bond motifs is 4. The van der Waals surface area contributed by atoms with Crippen LogP contribution in [0.25, 0.3) is 0 Å². The third-order valence-corrected chi connectivity index (χ3v) is 11.8. The Balaban J connectivity index is 1.31. The Labute approximate surface area is 249 Å². The predicted octanol–water partition coefficient (Wildman–Crippen LogP) is 5.41. The molecule has 0 amide bonds. The van der Waals surface area contributed by atoms with Crippen LogP contribution in [0.5, 0.6) is 0 Å². The maximum Gasteiger partial charge on any atom is 0.345 e. The molecule has 1 aromatic rings. The van der Waals surface area contributed by atoms with Gasteiger partial charge in [0, 0.05) is 30.5 Å². The van der Waals surface area contributed by atoms with E-state index in [9.17, 15) is 15.0 Å². The first-order valence-corrected chi connectivity index (χ1v) is 16.1. The highest BCUT2D eigenvalue weighted by molar-refractivity contribution is 5.94. The number of hydrogen-bond acceptors (Lipinski definition) is 7. The minimum Gasteiger partial charge on any atom is -0.492 e. The summed E-state index contributed by atoms with van der Waals surface area (Å²) in [4.78, 5) is 15.2. The number of ether oxygens (including phenoxy) is 3. The molecular formula is C35H45NO6. The molecule has 226 valence electrons. The van der Waals surface area contributed by atoms with E-state index >= 15 is 0 Å². The number of benzene rings is 1. The van der Waals surface area contributed by atoms with Gasteiger partial charge in [0.15, 0.2) is 11.5 Å². The zero-order chi connectivity index (χ0) is 29.2. The fourth-order valence-corrected chi connectivity index (χ4v) is 10.2. The summed E-state index contributed by atoms with van der Waals surface area (Å²) in [6.07, 6.45) is 10.9. The molecular weight excluding hydrogens is 530 g/mol. The number of allylic oxidation sites excluding steroid dienone is 1. The summed E-state index contributed by atoms with van der Waals surface area (Å²) >= 11 is 0. The van der Waals surface area contributed by atoms with E-state index in [1.807, 2.05) is 0 Å². The molecule has 42 heavy (non-hydrogen) atoms. The van der Waals surface area contributed by atoms with Gasteiger partial charge < -0.3 is 24.4 Å². The van der Waals surface area contributed by atoms with Gasteiger partial charge >= 0.3 is 5.97 Å². The normalized spacial score (nSPS) is 38.0. The lowest BCUT2D eigenvalue weighted by molar-refractivity contribution is -0.133. The van der Waals surface area contributed by atoms with E-state index in [0.717, 1.165) is 31.6 Å². The molecule has 7 rings (SSSR count). The van der Waals surface area contributed by atoms with E-state index in [-0.39, 0.29) is 41.4 Å². The van der Waals surface area contributed by atoms with Crippen LogP contribution in [0, 0.1) is 29.1 Å². The highest BCUT2D eigenvalue weighted by Crippen LogP contribution is 2.67. The lowest BCUT2D eigenvalue weighted by Crippen LogP contribution is -2.60. The van der Waals surface area contributed by atoms with Crippen LogP contribution in [0.1, 0.15) is 76.7 Å². The summed E-state index contributed by atoms with van der Waals surface area (Å²) in [7, 11) is 1.49. The van der Waals surface area contributed by atoms with Crippen molar-refractivity contribution in [2.75, 3.05) is 20.3 Å². The average Bonchev–Trinajstić information content (AvgIpc) is 3.73. The number of methoxy groups -OCH3 is 1. The summed E-state index contributed by atoms with van der Waals surface area (Å²) in [5, 5.41) is 21.5. The van der Waals surface area contributed by atoms with Gasteiger partial charge in [-0.3, -0.25) is 4.90 Å². The number of cyclic esters (lactones) is 1. The minimum absolute atomic E-state index is 0.0548. The fraction of sp³-hybridized carbons (Fsp3) is 0.629. The minimum atomic E-state index is -0.583. The Bertz CT molecular complexity index is 1310. The lowest BCUT2D eigenvalue weighted by Gasteiger charge is -2.52. The molecule has 4 aliphatic heterocycles. The van der Waals surface area contributed by atoms with Crippen molar-refractivity contribution in [3.63, 3.8) is 0 Å². The van der Waals surface area contributed by atoms with E-state index in [1.165, 1.54) is 44.8 Å². The number of carbonyl (C=O) groups is 1. The van der Waals surface area contributed by atoms with E-state index in [2.05, 4.69) is 55.2 Å². The van der Waals surface area contributed by atoms with Crippen LogP contribution < -0.4 is 0 Å². The highest BCUT2D eigenvalue weighted by atomic mass is 16.6. The van der Waals surface area contributed by atoms with Gasteiger partial charge in [0.25, 0.3) is 0 Å². The lowest BCUT2D eigenvalue weighted by atomic mass is 9.66. The van der Waals surface area contributed by atoms with Gasteiger partial charge in [-0.15, -0.1) is 0 Å². The maximum absolute atomic E-state index is 12.6. The molecule has 1 aromatic carbocycles. The zero-order valence-corrected chi connectivity index (χ0v) is 25.1. The van der Waals surface area contributed by atoms with Gasteiger partial charge in [-0.25, -0.2) is 4.79 Å². The number of esters is 1. The largest absolute Gasteiger partial charge is 0.492 e. The Morgan fingerprint density at radius 3 is 2.60 bits per heavy atom. The summed E-state index contributed by atoms with van der Waals surface area (Å²) in [6.45, 7) is 4.75. The summed E-state index contributed by atoms with van der Waals surface area (Å²) in [5.41, 5.74) is 1.91. The molecule has 2 N–H and O–H groups in total. The van der Waals surface area contributed by atoms with E-state index < -0.39 is 12.6 Å². The van der Waals surface area contributed by atoms with Crippen LogP contribution in [0.15, 0.2) is 65.0 Å². The third-order valence-electron chi connectivity index (χ3n) is 11.8. The maximum atomic E-state index is 12.6. The molecule has 8 atom stereocenters. The number of hydrogen-bond donors (Lipinski definition) is 2. The van der Waals surface area contributed by atoms with Gasteiger partial charge in [-0.2, -0.15) is 0 Å². The number of piperidine rings is 1. The highest BCUT2D eigenvalue weighted by Gasteiger charge is 2.62. The second kappa shape index (κ2) is 10.8. The number of nitrogens with zero attached hydrogens (tertiary/aromatic N) is 1. The van der Waals surface area contributed by atoms with Crippen LogP contribution in [-0.2, 0) is 19.0 Å². The van der Waals surface area contributed by atoms with Crippen molar-refractivity contribution < 1.29 is 29.2 Å². The van der Waals surface area contributed by atoms with Gasteiger partial charge in [0.2, 0.25) is 5.76 Å². The summed E-state index contributed by atoms with van der Waals surface area (Å²) in [5.74, 6) is 3.00. The molecule has 0 unspecified atom stereocenters. The zero-order valence-electron chi connectivity index (χ0n) is 25.1. The van der Waals surface area contributed by atoms with Gasteiger partial charge in [-0.1, -0.05) is 57.0 Å². The quantitative estimate of drug-likeness (QED) is 0.454. The Morgan fingerprint density at radius 2 is 1.90 bits per heavy atom. The van der Waals surface area contributed by atoms with Crippen LogP contribution in [0.3, 0.4) is 0 Å². The molecule has 0 bridgehead atoms. The second-order valence-electron chi connectivity index (χ2n) is 13.6. The molecule has 2 saturated heterocycles. The monoisotopic (exact) mass is 575 g/mol. The molecule has 4 fully saturated rings. The SMILES string of the molecule is CC[C@H](O)[C@@H]1[C@H]2CC3(CCCC3)[C@H](c3ccccc3)[C@H]2C[C@H]2[C@@H]3C(=CCCN12)O/C(=C1/OC(=O)C(CO)=C1OC)[C@H]3C.